The molecule has 0 heterocycles. The summed E-state index contributed by atoms with van der Waals surface area (Å²) in [7, 11) is 0. The summed E-state index contributed by atoms with van der Waals surface area (Å²) in [4.78, 5) is 0. The monoisotopic (exact) mass is 114 g/mol. The Balaban J connectivity index is 4.23. The molecule has 0 fully saturated rings. The molecule has 8 heavy (non-hydrogen) atoms. The summed E-state index contributed by atoms with van der Waals surface area (Å²) in [6, 6.07) is 0. The highest BCUT2D eigenvalue weighted by molar-refractivity contribution is 5.23. The van der Waals surface area contributed by atoms with Gasteiger partial charge < -0.3 is 16.6 Å². The predicted molar refractivity (Wildman–Crippen MR) is 32.8 cm³/mol. The van der Waals surface area contributed by atoms with Crippen LogP contribution in [0.2, 0.25) is 0 Å². The average Bonchev–Trinajstić information content (AvgIpc) is 1.64. The fourth-order valence-electron chi connectivity index (χ4n) is 0.219. The van der Waals surface area contributed by atoms with Gasteiger partial charge in [0.2, 0.25) is 5.88 Å². The van der Waals surface area contributed by atoms with Gasteiger partial charge in [-0.05, 0) is 12.5 Å². The molecule has 0 radical (unpaired) electrons. The van der Waals surface area contributed by atoms with Crippen molar-refractivity contribution in [2.45, 2.75) is 6.92 Å². The van der Waals surface area contributed by atoms with Crippen LogP contribution in [0.15, 0.2) is 23.7 Å². The molecule has 0 aromatic rings. The highest BCUT2D eigenvalue weighted by atomic mass is 16.3. The summed E-state index contributed by atoms with van der Waals surface area (Å²) in [5.74, 6) is -0.363. The average molecular weight is 114 g/mol. The van der Waals surface area contributed by atoms with Crippen LogP contribution in [0.4, 0.5) is 0 Å². The standard InChI is InChI=1S/C5H10N2O/c1-3(2)4(6)5(7)8/h8H,1,6-7H2,2H3/b5-4-. The van der Waals surface area contributed by atoms with Gasteiger partial charge in [0.05, 0.1) is 5.70 Å². The van der Waals surface area contributed by atoms with Gasteiger partial charge in [-0.25, -0.2) is 0 Å². The lowest BCUT2D eigenvalue weighted by molar-refractivity contribution is 0.399. The Hall–Kier alpha value is -1.12. The van der Waals surface area contributed by atoms with Gasteiger partial charge in [-0.1, -0.05) is 6.58 Å². The lowest BCUT2D eigenvalue weighted by Crippen LogP contribution is -2.09. The third kappa shape index (κ3) is 1.55. The minimum atomic E-state index is -0.363. The molecule has 0 saturated heterocycles. The Bertz CT molecular complexity index is 133. The van der Waals surface area contributed by atoms with E-state index in [0.29, 0.717) is 5.57 Å². The summed E-state index contributed by atoms with van der Waals surface area (Å²) < 4.78 is 0. The third-order valence-corrected chi connectivity index (χ3v) is 0.736. The zero-order valence-corrected chi connectivity index (χ0v) is 4.81. The number of aliphatic hydroxyl groups excluding tert-OH is 1. The first-order valence-corrected chi connectivity index (χ1v) is 2.15. The summed E-state index contributed by atoms with van der Waals surface area (Å²) >= 11 is 0. The molecule has 0 unspecified atom stereocenters. The van der Waals surface area contributed by atoms with Crippen molar-refractivity contribution in [1.82, 2.24) is 0 Å². The fraction of sp³-hybridized carbons (Fsp3) is 0.200. The molecule has 3 heteroatoms. The van der Waals surface area contributed by atoms with Crippen LogP contribution in [0.3, 0.4) is 0 Å². The molecule has 5 N–H and O–H groups in total. The van der Waals surface area contributed by atoms with E-state index in [4.69, 9.17) is 16.6 Å². The second-order valence-corrected chi connectivity index (χ2v) is 1.58. The van der Waals surface area contributed by atoms with E-state index in [1.807, 2.05) is 0 Å². The molecule has 0 rings (SSSR count). The zero-order valence-electron chi connectivity index (χ0n) is 4.81. The maximum absolute atomic E-state index is 8.46. The van der Waals surface area contributed by atoms with E-state index in [0.717, 1.165) is 0 Å². The number of allylic oxidation sites excluding steroid dienone is 1. The van der Waals surface area contributed by atoms with Crippen molar-refractivity contribution in [3.63, 3.8) is 0 Å². The van der Waals surface area contributed by atoms with Gasteiger partial charge in [0, 0.05) is 0 Å². The lowest BCUT2D eigenvalue weighted by atomic mass is 10.3. The van der Waals surface area contributed by atoms with Crippen LogP contribution in [0.5, 0.6) is 0 Å². The van der Waals surface area contributed by atoms with E-state index in [9.17, 15) is 0 Å². The van der Waals surface area contributed by atoms with E-state index in [-0.39, 0.29) is 11.6 Å². The van der Waals surface area contributed by atoms with Crippen LogP contribution in [0.1, 0.15) is 6.92 Å². The molecule has 46 valence electrons. The lowest BCUT2D eigenvalue weighted by Gasteiger charge is -1.97. The molecule has 0 aliphatic heterocycles. The number of aliphatic hydroxyl groups is 1. The minimum Gasteiger partial charge on any atom is -0.493 e. The van der Waals surface area contributed by atoms with Gasteiger partial charge in [-0.15, -0.1) is 0 Å². The maximum Gasteiger partial charge on any atom is 0.205 e. The molecule has 0 spiro atoms. The number of rotatable bonds is 1. The van der Waals surface area contributed by atoms with Crippen molar-refractivity contribution in [3.05, 3.63) is 23.7 Å². The van der Waals surface area contributed by atoms with E-state index in [1.165, 1.54) is 0 Å². The van der Waals surface area contributed by atoms with Crippen molar-refractivity contribution in [2.24, 2.45) is 11.5 Å². The highest BCUT2D eigenvalue weighted by Crippen LogP contribution is 1.98. The maximum atomic E-state index is 8.46. The summed E-state index contributed by atoms with van der Waals surface area (Å²) in [5, 5.41) is 8.46. The van der Waals surface area contributed by atoms with Crippen LogP contribution < -0.4 is 11.5 Å². The fourth-order valence-corrected chi connectivity index (χ4v) is 0.219. The quantitative estimate of drug-likeness (QED) is 0.337. The molecule has 0 bridgehead atoms. The van der Waals surface area contributed by atoms with Crippen LogP contribution in [0.25, 0.3) is 0 Å². The molecule has 0 atom stereocenters. The third-order valence-electron chi connectivity index (χ3n) is 0.736. The Morgan fingerprint density at radius 1 is 1.50 bits per heavy atom. The topological polar surface area (TPSA) is 72.3 Å². The van der Waals surface area contributed by atoms with Gasteiger partial charge in [0.25, 0.3) is 0 Å². The number of hydrogen-bond donors (Lipinski definition) is 3. The van der Waals surface area contributed by atoms with Gasteiger partial charge in [-0.2, -0.15) is 0 Å². The molecule has 0 aromatic heterocycles. The largest absolute Gasteiger partial charge is 0.493 e. The Morgan fingerprint density at radius 3 is 1.88 bits per heavy atom. The van der Waals surface area contributed by atoms with Gasteiger partial charge >= 0.3 is 0 Å². The smallest absolute Gasteiger partial charge is 0.205 e. The van der Waals surface area contributed by atoms with Crippen LogP contribution in [0, 0.1) is 0 Å². The van der Waals surface area contributed by atoms with Crippen LogP contribution >= 0.6 is 0 Å². The summed E-state index contributed by atoms with van der Waals surface area (Å²) in [6.45, 7) is 5.12. The van der Waals surface area contributed by atoms with Gasteiger partial charge in [0.15, 0.2) is 0 Å². The van der Waals surface area contributed by atoms with Gasteiger partial charge in [0.1, 0.15) is 0 Å². The Morgan fingerprint density at radius 2 is 1.88 bits per heavy atom. The first-order chi connectivity index (χ1) is 3.55. The molecule has 0 aliphatic rings. The molecule has 3 nitrogen and oxygen atoms in total. The Kier molecular flexibility index (Phi) is 1.94. The number of nitrogens with two attached hydrogens (primary N) is 2. The molecule has 0 aliphatic carbocycles. The molecular formula is C5H10N2O. The molecular weight excluding hydrogens is 104 g/mol. The summed E-state index contributed by atoms with van der Waals surface area (Å²) in [6.07, 6.45) is 0. The highest BCUT2D eigenvalue weighted by Gasteiger charge is 1.93. The van der Waals surface area contributed by atoms with Crippen LogP contribution in [-0.2, 0) is 0 Å². The molecule has 0 aromatic carbocycles. The minimum absolute atomic E-state index is 0.157. The van der Waals surface area contributed by atoms with Gasteiger partial charge in [-0.3, -0.25) is 0 Å². The van der Waals surface area contributed by atoms with Crippen LogP contribution in [-0.4, -0.2) is 5.11 Å². The van der Waals surface area contributed by atoms with E-state index < -0.39 is 0 Å². The molecule has 0 saturated carbocycles. The summed E-state index contributed by atoms with van der Waals surface area (Å²) in [5.41, 5.74) is 10.8. The van der Waals surface area contributed by atoms with Crippen molar-refractivity contribution in [3.8, 4) is 0 Å². The van der Waals surface area contributed by atoms with Crippen molar-refractivity contribution < 1.29 is 5.11 Å². The Labute approximate surface area is 48.3 Å². The van der Waals surface area contributed by atoms with E-state index in [2.05, 4.69) is 6.58 Å². The number of hydrogen-bond acceptors (Lipinski definition) is 3. The molecule has 0 amide bonds. The second-order valence-electron chi connectivity index (χ2n) is 1.58. The van der Waals surface area contributed by atoms with Crippen molar-refractivity contribution in [1.29, 1.82) is 0 Å². The first kappa shape index (κ1) is 6.88. The van der Waals surface area contributed by atoms with Crippen molar-refractivity contribution >= 4 is 0 Å². The zero-order chi connectivity index (χ0) is 6.73. The van der Waals surface area contributed by atoms with E-state index >= 15 is 0 Å². The van der Waals surface area contributed by atoms with Crippen molar-refractivity contribution in [2.75, 3.05) is 0 Å². The SMILES string of the molecule is C=C(C)/C(N)=C(\N)O. The first-order valence-electron chi connectivity index (χ1n) is 2.15. The normalized spacial score (nSPS) is 12.6. The predicted octanol–water partition coefficient (Wildman–Crippen LogP) is 0.207. The van der Waals surface area contributed by atoms with E-state index in [1.54, 1.807) is 6.92 Å². The second kappa shape index (κ2) is 2.26.